The van der Waals surface area contributed by atoms with E-state index in [4.69, 9.17) is 5.41 Å². The van der Waals surface area contributed by atoms with Gasteiger partial charge in [-0.1, -0.05) is 44.2 Å². The summed E-state index contributed by atoms with van der Waals surface area (Å²) >= 11 is 1.21. The monoisotopic (exact) mass is 492 g/mol. The Morgan fingerprint density at radius 2 is 1.76 bits per heavy atom. The molecular weight excluding hydrogens is 469 g/mol. The minimum absolute atomic E-state index is 0.134. The van der Waals surface area contributed by atoms with Gasteiger partial charge in [0.15, 0.2) is 9.84 Å². The van der Waals surface area contributed by atoms with Gasteiger partial charge < -0.3 is 5.32 Å². The summed E-state index contributed by atoms with van der Waals surface area (Å²) in [5, 5.41) is 12.3. The Labute approximate surface area is 195 Å². The molecule has 33 heavy (non-hydrogen) atoms. The van der Waals surface area contributed by atoms with E-state index < -0.39 is 21.7 Å². The van der Waals surface area contributed by atoms with E-state index in [1.807, 2.05) is 26.0 Å². The van der Waals surface area contributed by atoms with Crippen molar-refractivity contribution in [3.63, 3.8) is 0 Å². The number of benzene rings is 2. The maximum absolute atomic E-state index is 13.1. The predicted octanol–water partition coefficient (Wildman–Crippen LogP) is 6.98. The molecule has 0 spiro atoms. The van der Waals surface area contributed by atoms with Crippen molar-refractivity contribution in [2.24, 2.45) is 0 Å². The number of halogens is 3. The van der Waals surface area contributed by atoms with Crippen molar-refractivity contribution in [1.82, 2.24) is 0 Å². The Hall–Kier alpha value is -2.91. The lowest BCUT2D eigenvalue weighted by molar-refractivity contribution is -0.0583. The van der Waals surface area contributed by atoms with Crippen LogP contribution in [0.4, 0.5) is 18.9 Å². The lowest BCUT2D eigenvalue weighted by Gasteiger charge is -2.17. The normalized spacial score (nSPS) is 12.8. The van der Waals surface area contributed by atoms with Crippen LogP contribution in [0.5, 0.6) is 0 Å². The summed E-state index contributed by atoms with van der Waals surface area (Å²) in [4.78, 5) is 0.647. The van der Waals surface area contributed by atoms with E-state index in [-0.39, 0.29) is 16.5 Å². The molecular formula is C24H23F3N2O2S2. The van der Waals surface area contributed by atoms with Gasteiger partial charge in [-0.3, -0.25) is 5.41 Å². The minimum atomic E-state index is -4.78. The van der Waals surface area contributed by atoms with Gasteiger partial charge in [0.25, 0.3) is 0 Å². The number of anilines is 1. The zero-order valence-electron chi connectivity index (χ0n) is 18.2. The highest BCUT2D eigenvalue weighted by atomic mass is 32.2. The molecule has 0 saturated heterocycles. The van der Waals surface area contributed by atoms with Crippen LogP contribution in [0, 0.1) is 5.41 Å². The second-order valence-corrected chi connectivity index (χ2v) is 10.8. The molecule has 0 atom stereocenters. The molecule has 4 nitrogen and oxygen atoms in total. The van der Waals surface area contributed by atoms with Gasteiger partial charge in [-0.2, -0.15) is 13.2 Å². The molecule has 174 valence electrons. The molecule has 0 unspecified atom stereocenters. The van der Waals surface area contributed by atoms with Gasteiger partial charge in [-0.15, -0.1) is 11.3 Å². The van der Waals surface area contributed by atoms with Crippen molar-refractivity contribution in [2.75, 3.05) is 11.6 Å². The molecule has 0 amide bonds. The van der Waals surface area contributed by atoms with Crippen LogP contribution in [-0.4, -0.2) is 26.6 Å². The standard InChI is InChI=1S/C24H23F3N2O2S2/c1-15(2)19-9-4-5-10-20(19)29-21(13-23(28)24(25,26)27)22-12-17(14-32-22)16-7-6-8-18(11-16)33(3,30)31/h4-15,28-29H,1-3H3/b21-13-,28-23?. The number of allylic oxidation sites excluding steroid dienone is 1. The van der Waals surface area contributed by atoms with Crippen LogP contribution in [0.25, 0.3) is 16.8 Å². The number of para-hydroxylation sites is 1. The minimum Gasteiger partial charge on any atom is -0.354 e. The van der Waals surface area contributed by atoms with E-state index in [0.717, 1.165) is 17.9 Å². The van der Waals surface area contributed by atoms with Gasteiger partial charge in [-0.05, 0) is 58.3 Å². The molecule has 0 aliphatic carbocycles. The summed E-state index contributed by atoms with van der Waals surface area (Å²) in [6.45, 7) is 3.97. The molecule has 0 aliphatic heterocycles. The Morgan fingerprint density at radius 1 is 1.06 bits per heavy atom. The first-order valence-corrected chi connectivity index (χ1v) is 12.8. The molecule has 3 rings (SSSR count). The summed E-state index contributed by atoms with van der Waals surface area (Å²) in [7, 11) is -3.40. The molecule has 1 heterocycles. The Morgan fingerprint density at radius 3 is 2.39 bits per heavy atom. The zero-order valence-corrected chi connectivity index (χ0v) is 19.8. The summed E-state index contributed by atoms with van der Waals surface area (Å²) < 4.78 is 63.2. The molecule has 1 aromatic heterocycles. The van der Waals surface area contributed by atoms with Gasteiger partial charge in [0.05, 0.1) is 15.5 Å². The van der Waals surface area contributed by atoms with E-state index >= 15 is 0 Å². The van der Waals surface area contributed by atoms with Gasteiger partial charge in [0.1, 0.15) is 5.71 Å². The summed E-state index contributed by atoms with van der Waals surface area (Å²) in [6.07, 6.45) is -2.89. The molecule has 3 aromatic rings. The number of nitrogens with one attached hydrogen (secondary N) is 2. The first-order valence-electron chi connectivity index (χ1n) is 9.99. The van der Waals surface area contributed by atoms with Crippen molar-refractivity contribution in [2.45, 2.75) is 30.8 Å². The van der Waals surface area contributed by atoms with Crippen LogP contribution < -0.4 is 5.32 Å². The van der Waals surface area contributed by atoms with E-state index in [1.54, 1.807) is 35.7 Å². The molecule has 2 N–H and O–H groups in total. The van der Waals surface area contributed by atoms with Crippen LogP contribution in [0.2, 0.25) is 0 Å². The summed E-state index contributed by atoms with van der Waals surface area (Å²) in [6, 6.07) is 15.4. The molecule has 0 fully saturated rings. The van der Waals surface area contributed by atoms with Crippen LogP contribution >= 0.6 is 11.3 Å². The quantitative estimate of drug-likeness (QED) is 0.350. The van der Waals surface area contributed by atoms with Crippen LogP contribution in [0.3, 0.4) is 0 Å². The molecule has 9 heteroatoms. The lowest BCUT2D eigenvalue weighted by atomic mass is 10.0. The molecule has 2 aromatic carbocycles. The van der Waals surface area contributed by atoms with Crippen molar-refractivity contribution in [1.29, 1.82) is 5.41 Å². The maximum atomic E-state index is 13.1. The third-order valence-electron chi connectivity index (χ3n) is 4.91. The highest BCUT2D eigenvalue weighted by Crippen LogP contribution is 2.34. The van der Waals surface area contributed by atoms with E-state index in [0.29, 0.717) is 21.7 Å². The molecule has 0 aliphatic rings. The number of hydrogen-bond donors (Lipinski definition) is 2. The van der Waals surface area contributed by atoms with Crippen molar-refractivity contribution in [3.8, 4) is 11.1 Å². The first kappa shape index (κ1) is 24.7. The van der Waals surface area contributed by atoms with Gasteiger partial charge in [-0.25, -0.2) is 8.42 Å². The van der Waals surface area contributed by atoms with E-state index in [1.165, 1.54) is 23.5 Å². The highest BCUT2D eigenvalue weighted by molar-refractivity contribution is 7.90. The van der Waals surface area contributed by atoms with Gasteiger partial charge in [0, 0.05) is 11.9 Å². The number of hydrogen-bond acceptors (Lipinski definition) is 5. The highest BCUT2D eigenvalue weighted by Gasteiger charge is 2.33. The predicted molar refractivity (Wildman–Crippen MR) is 129 cm³/mol. The van der Waals surface area contributed by atoms with Crippen molar-refractivity contribution >= 4 is 38.3 Å². The molecule has 0 radical (unpaired) electrons. The average molecular weight is 493 g/mol. The Bertz CT molecular complexity index is 1310. The van der Waals surface area contributed by atoms with Gasteiger partial charge >= 0.3 is 6.18 Å². The van der Waals surface area contributed by atoms with E-state index in [2.05, 4.69) is 5.32 Å². The molecule has 0 bridgehead atoms. The van der Waals surface area contributed by atoms with Crippen molar-refractivity contribution < 1.29 is 21.6 Å². The van der Waals surface area contributed by atoms with Crippen molar-refractivity contribution in [3.05, 3.63) is 76.5 Å². The Balaban J connectivity index is 2.06. The largest absolute Gasteiger partial charge is 0.432 e. The molecule has 0 saturated carbocycles. The average Bonchev–Trinajstić information content (AvgIpc) is 3.22. The fourth-order valence-corrected chi connectivity index (χ4v) is 4.75. The fraction of sp³-hybridized carbons (Fsp3) is 0.208. The maximum Gasteiger partial charge on any atom is 0.432 e. The van der Waals surface area contributed by atoms with Crippen LogP contribution in [0.15, 0.2) is 70.9 Å². The summed E-state index contributed by atoms with van der Waals surface area (Å²) in [5.74, 6) is 0.134. The van der Waals surface area contributed by atoms with Crippen LogP contribution in [0.1, 0.15) is 30.2 Å². The SMILES string of the molecule is CC(C)c1ccccc1N/C(=C\C(=N)C(F)(F)F)c1cc(-c2cccc(S(C)(=O)=O)c2)cs1. The second kappa shape index (κ2) is 9.52. The number of rotatable bonds is 7. The zero-order chi connectivity index (χ0) is 24.4. The third kappa shape index (κ3) is 6.11. The number of alkyl halides is 3. The second-order valence-electron chi connectivity index (χ2n) is 7.84. The summed E-state index contributed by atoms with van der Waals surface area (Å²) in [5.41, 5.74) is 1.56. The van der Waals surface area contributed by atoms with Gasteiger partial charge in [0.2, 0.25) is 0 Å². The van der Waals surface area contributed by atoms with E-state index in [9.17, 15) is 21.6 Å². The van der Waals surface area contributed by atoms with Crippen LogP contribution in [-0.2, 0) is 9.84 Å². The number of thiophene rings is 1. The number of sulfone groups is 1. The topological polar surface area (TPSA) is 70.0 Å². The smallest absolute Gasteiger partial charge is 0.354 e. The Kier molecular flexibility index (Phi) is 7.14. The first-order chi connectivity index (χ1) is 15.4. The third-order valence-corrected chi connectivity index (χ3v) is 6.98. The lowest BCUT2D eigenvalue weighted by Crippen LogP contribution is -2.20. The fourth-order valence-electron chi connectivity index (χ4n) is 3.19.